The standard InChI is InChI=1S/C25H33BrO/c1-25-13-12-20-19-8-6-17(5-4-16-2-3-16)14-18(19)7-9-21(20)22(25)10-11-23(25)24(27)15-26/h7,16-17,19-23H,2-3,6,8-15H2,1H3. The van der Waals surface area contributed by atoms with Crippen LogP contribution in [0.5, 0.6) is 0 Å². The van der Waals surface area contributed by atoms with Crippen molar-refractivity contribution in [2.24, 2.45) is 46.8 Å². The van der Waals surface area contributed by atoms with Crippen molar-refractivity contribution < 1.29 is 4.79 Å². The lowest BCUT2D eigenvalue weighted by atomic mass is 9.51. The third-order valence-corrected chi connectivity index (χ3v) is 9.59. The van der Waals surface area contributed by atoms with E-state index in [0.29, 0.717) is 22.9 Å². The molecule has 5 rings (SSSR count). The second kappa shape index (κ2) is 7.05. The summed E-state index contributed by atoms with van der Waals surface area (Å²) in [5, 5.41) is 0.546. The number of ketones is 1. The number of Topliss-reactive ketones (excluding diaryl/α,β-unsaturated/α-hetero) is 1. The van der Waals surface area contributed by atoms with Gasteiger partial charge in [-0.25, -0.2) is 0 Å². The lowest BCUT2D eigenvalue weighted by molar-refractivity contribution is -0.126. The average Bonchev–Trinajstić information content (AvgIpc) is 3.45. The van der Waals surface area contributed by atoms with E-state index in [-0.39, 0.29) is 5.41 Å². The van der Waals surface area contributed by atoms with Crippen LogP contribution in [0.4, 0.5) is 0 Å². The molecule has 7 atom stereocenters. The largest absolute Gasteiger partial charge is 0.298 e. The van der Waals surface area contributed by atoms with Gasteiger partial charge in [0.25, 0.3) is 0 Å². The summed E-state index contributed by atoms with van der Waals surface area (Å²) >= 11 is 3.44. The van der Waals surface area contributed by atoms with Crippen LogP contribution < -0.4 is 0 Å². The topological polar surface area (TPSA) is 17.1 Å². The molecule has 27 heavy (non-hydrogen) atoms. The molecule has 5 aliphatic rings. The first-order valence-electron chi connectivity index (χ1n) is 11.4. The number of hydrogen-bond donors (Lipinski definition) is 0. The van der Waals surface area contributed by atoms with Crippen LogP contribution >= 0.6 is 15.9 Å². The molecule has 1 nitrogen and oxygen atoms in total. The van der Waals surface area contributed by atoms with Gasteiger partial charge < -0.3 is 0 Å². The Hall–Kier alpha value is -0.550. The minimum absolute atomic E-state index is 0.268. The molecule has 0 N–H and O–H groups in total. The molecule has 2 heteroatoms. The van der Waals surface area contributed by atoms with Crippen LogP contribution in [0.15, 0.2) is 11.6 Å². The summed E-state index contributed by atoms with van der Waals surface area (Å²) in [6.45, 7) is 2.45. The molecule has 0 spiro atoms. The Bertz CT molecular complexity index is 708. The van der Waals surface area contributed by atoms with Crippen molar-refractivity contribution in [1.29, 1.82) is 0 Å². The second-order valence-corrected chi connectivity index (χ2v) is 10.9. The highest BCUT2D eigenvalue weighted by Crippen LogP contribution is 2.63. The minimum Gasteiger partial charge on any atom is -0.298 e. The van der Waals surface area contributed by atoms with Crippen LogP contribution in [0, 0.1) is 58.7 Å². The number of hydrogen-bond acceptors (Lipinski definition) is 1. The third-order valence-electron chi connectivity index (χ3n) is 9.04. The molecule has 5 aliphatic carbocycles. The smallest absolute Gasteiger partial charge is 0.147 e. The fourth-order valence-corrected chi connectivity index (χ4v) is 7.87. The van der Waals surface area contributed by atoms with E-state index in [1.165, 1.54) is 57.8 Å². The maximum Gasteiger partial charge on any atom is 0.147 e. The first-order valence-corrected chi connectivity index (χ1v) is 12.5. The highest BCUT2D eigenvalue weighted by Gasteiger charge is 2.57. The van der Waals surface area contributed by atoms with Gasteiger partial charge in [-0.3, -0.25) is 4.79 Å². The van der Waals surface area contributed by atoms with E-state index < -0.39 is 0 Å². The quantitative estimate of drug-likeness (QED) is 0.292. The van der Waals surface area contributed by atoms with Crippen molar-refractivity contribution in [2.45, 2.75) is 71.1 Å². The molecule has 4 saturated carbocycles. The summed E-state index contributed by atoms with van der Waals surface area (Å²) in [5.41, 5.74) is 2.02. The molecule has 4 fully saturated rings. The second-order valence-electron chi connectivity index (χ2n) is 10.4. The Morgan fingerprint density at radius 1 is 1.07 bits per heavy atom. The van der Waals surface area contributed by atoms with Gasteiger partial charge >= 0.3 is 0 Å². The predicted octanol–water partition coefficient (Wildman–Crippen LogP) is 6.17. The SMILES string of the molecule is CC12CCC3C4CCC(C#CC5CC5)CC4=CCC3C1CCC2C(=O)CBr. The Labute approximate surface area is 173 Å². The zero-order chi connectivity index (χ0) is 18.6. The monoisotopic (exact) mass is 428 g/mol. The van der Waals surface area contributed by atoms with Gasteiger partial charge in [-0.1, -0.05) is 46.3 Å². The molecule has 0 heterocycles. The van der Waals surface area contributed by atoms with Gasteiger partial charge in [0.05, 0.1) is 5.33 Å². The zero-order valence-electron chi connectivity index (χ0n) is 16.7. The summed E-state index contributed by atoms with van der Waals surface area (Å²) in [6, 6.07) is 0. The van der Waals surface area contributed by atoms with Gasteiger partial charge in [-0.15, -0.1) is 0 Å². The molecular formula is C25H33BrO. The van der Waals surface area contributed by atoms with E-state index in [0.717, 1.165) is 36.0 Å². The van der Waals surface area contributed by atoms with E-state index in [9.17, 15) is 4.79 Å². The Morgan fingerprint density at radius 3 is 2.63 bits per heavy atom. The van der Waals surface area contributed by atoms with Gasteiger partial charge in [0.15, 0.2) is 0 Å². The Kier molecular flexibility index (Phi) is 4.83. The van der Waals surface area contributed by atoms with Crippen molar-refractivity contribution in [3.8, 4) is 11.8 Å². The number of carbonyl (C=O) groups excluding carboxylic acids is 1. The highest BCUT2D eigenvalue weighted by molar-refractivity contribution is 9.09. The normalized spacial score (nSPS) is 45.6. The molecule has 0 aliphatic heterocycles. The molecule has 0 aromatic carbocycles. The summed E-state index contributed by atoms with van der Waals surface area (Å²) < 4.78 is 0. The van der Waals surface area contributed by atoms with E-state index in [2.05, 4.69) is 40.8 Å². The van der Waals surface area contributed by atoms with Crippen LogP contribution in [-0.2, 0) is 4.79 Å². The summed E-state index contributed by atoms with van der Waals surface area (Å²) in [7, 11) is 0. The molecule has 0 saturated heterocycles. The van der Waals surface area contributed by atoms with E-state index in [1.54, 1.807) is 5.57 Å². The molecule has 7 unspecified atom stereocenters. The fourth-order valence-electron chi connectivity index (χ4n) is 7.48. The number of fused-ring (bicyclic) bond motifs is 5. The van der Waals surface area contributed by atoms with E-state index in [1.807, 2.05) is 0 Å². The summed E-state index contributed by atoms with van der Waals surface area (Å²) in [4.78, 5) is 12.5. The van der Waals surface area contributed by atoms with Crippen molar-refractivity contribution >= 4 is 21.7 Å². The molecule has 0 bridgehead atoms. The minimum atomic E-state index is 0.268. The van der Waals surface area contributed by atoms with Crippen LogP contribution in [0.25, 0.3) is 0 Å². The van der Waals surface area contributed by atoms with Gasteiger partial charge in [-0.05, 0) is 93.3 Å². The molecule has 0 aromatic heterocycles. The molecule has 0 aromatic rings. The number of alkyl halides is 1. The maximum atomic E-state index is 12.5. The summed E-state index contributed by atoms with van der Waals surface area (Å²) in [6.07, 6.45) is 15.6. The molecule has 146 valence electrons. The lowest BCUT2D eigenvalue weighted by Gasteiger charge is -2.53. The van der Waals surface area contributed by atoms with Crippen molar-refractivity contribution in [3.05, 3.63) is 11.6 Å². The van der Waals surface area contributed by atoms with Crippen molar-refractivity contribution in [2.75, 3.05) is 5.33 Å². The zero-order valence-corrected chi connectivity index (χ0v) is 18.3. The van der Waals surface area contributed by atoms with Crippen molar-refractivity contribution in [1.82, 2.24) is 0 Å². The van der Waals surface area contributed by atoms with Crippen LogP contribution in [0.1, 0.15) is 71.1 Å². The average molecular weight is 429 g/mol. The number of halogens is 1. The highest BCUT2D eigenvalue weighted by atomic mass is 79.9. The van der Waals surface area contributed by atoms with Crippen LogP contribution in [-0.4, -0.2) is 11.1 Å². The third kappa shape index (κ3) is 3.17. The van der Waals surface area contributed by atoms with Gasteiger partial charge in [0.1, 0.15) is 5.78 Å². The summed E-state index contributed by atoms with van der Waals surface area (Å²) in [5.74, 6) is 12.6. The number of rotatable bonds is 2. The fraction of sp³-hybridized carbons (Fsp3) is 0.800. The van der Waals surface area contributed by atoms with Gasteiger partial charge in [0.2, 0.25) is 0 Å². The number of carbonyl (C=O) groups is 1. The molecule has 0 amide bonds. The van der Waals surface area contributed by atoms with Crippen molar-refractivity contribution in [3.63, 3.8) is 0 Å². The van der Waals surface area contributed by atoms with Crippen LogP contribution in [0.3, 0.4) is 0 Å². The molecular weight excluding hydrogens is 396 g/mol. The predicted molar refractivity (Wildman–Crippen MR) is 113 cm³/mol. The Balaban J connectivity index is 1.33. The Morgan fingerprint density at radius 2 is 1.85 bits per heavy atom. The van der Waals surface area contributed by atoms with Gasteiger partial charge in [0, 0.05) is 17.8 Å². The first kappa shape index (κ1) is 18.5. The maximum absolute atomic E-state index is 12.5. The lowest BCUT2D eigenvalue weighted by Crippen LogP contribution is -2.47. The first-order chi connectivity index (χ1) is 13.1. The van der Waals surface area contributed by atoms with E-state index in [4.69, 9.17) is 0 Å². The van der Waals surface area contributed by atoms with Gasteiger partial charge in [-0.2, -0.15) is 0 Å². The molecule has 0 radical (unpaired) electrons. The number of allylic oxidation sites excluding steroid dienone is 2. The van der Waals surface area contributed by atoms with Crippen LogP contribution in [0.2, 0.25) is 0 Å². The van der Waals surface area contributed by atoms with E-state index >= 15 is 0 Å².